The Hall–Kier alpha value is -0.910. The van der Waals surface area contributed by atoms with E-state index >= 15 is 0 Å². The molecule has 0 spiro atoms. The first kappa shape index (κ1) is 15.1. The van der Waals surface area contributed by atoms with Gasteiger partial charge in [-0.05, 0) is 20.3 Å². The van der Waals surface area contributed by atoms with E-state index in [9.17, 15) is 13.8 Å². The van der Waals surface area contributed by atoms with Crippen LogP contribution in [0.4, 0.5) is 0 Å². The summed E-state index contributed by atoms with van der Waals surface area (Å²) < 4.78 is 11.6. The average Bonchev–Trinajstić information content (AvgIpc) is 2.16. The van der Waals surface area contributed by atoms with E-state index in [1.807, 2.05) is 13.8 Å². The molecule has 0 aliphatic rings. The lowest BCUT2D eigenvalue weighted by Gasteiger charge is -2.21. The standard InChI is InChI=1S/C10H19NO4S/c1-5-8(10(13)14)16(15)6-9(12)11(4)7(2)3/h7-8H,5-6H2,1-4H3,(H,13,14). The van der Waals surface area contributed by atoms with Crippen LogP contribution in [0.15, 0.2) is 0 Å². The summed E-state index contributed by atoms with van der Waals surface area (Å²) in [6, 6.07) is 0.0226. The minimum absolute atomic E-state index is 0.0226. The highest BCUT2D eigenvalue weighted by Crippen LogP contribution is 2.05. The minimum atomic E-state index is -1.65. The molecule has 0 aromatic rings. The Balaban J connectivity index is 4.45. The maximum atomic E-state index is 11.6. The SMILES string of the molecule is CCC(C(=O)O)S(=O)CC(=O)N(C)C(C)C. The van der Waals surface area contributed by atoms with Crippen LogP contribution in [-0.4, -0.2) is 50.2 Å². The lowest BCUT2D eigenvalue weighted by Crippen LogP contribution is -2.39. The van der Waals surface area contributed by atoms with Crippen LogP contribution >= 0.6 is 0 Å². The van der Waals surface area contributed by atoms with E-state index in [0.29, 0.717) is 0 Å². The molecule has 94 valence electrons. The minimum Gasteiger partial charge on any atom is -0.480 e. The lowest BCUT2D eigenvalue weighted by atomic mass is 10.3. The average molecular weight is 249 g/mol. The second-order valence-corrected chi connectivity index (χ2v) is 5.48. The van der Waals surface area contributed by atoms with Gasteiger partial charge in [0.15, 0.2) is 0 Å². The van der Waals surface area contributed by atoms with Crippen molar-refractivity contribution in [1.82, 2.24) is 4.90 Å². The molecule has 1 N–H and O–H groups in total. The molecule has 0 rings (SSSR count). The van der Waals surface area contributed by atoms with Gasteiger partial charge >= 0.3 is 5.97 Å². The summed E-state index contributed by atoms with van der Waals surface area (Å²) in [7, 11) is -0.0289. The first-order chi connectivity index (χ1) is 7.31. The van der Waals surface area contributed by atoms with Crippen molar-refractivity contribution in [3.8, 4) is 0 Å². The summed E-state index contributed by atoms with van der Waals surface area (Å²) in [6.45, 7) is 5.33. The fourth-order valence-electron chi connectivity index (χ4n) is 1.09. The summed E-state index contributed by atoms with van der Waals surface area (Å²) >= 11 is 0. The fraction of sp³-hybridized carbons (Fsp3) is 0.800. The molecular formula is C10H19NO4S. The molecule has 5 nitrogen and oxygen atoms in total. The lowest BCUT2D eigenvalue weighted by molar-refractivity contribution is -0.136. The van der Waals surface area contributed by atoms with E-state index < -0.39 is 22.0 Å². The number of hydrogen-bond donors (Lipinski definition) is 1. The summed E-state index contributed by atoms with van der Waals surface area (Å²) in [6.07, 6.45) is 0.265. The highest BCUT2D eigenvalue weighted by Gasteiger charge is 2.26. The van der Waals surface area contributed by atoms with Gasteiger partial charge in [0.25, 0.3) is 0 Å². The molecule has 2 atom stereocenters. The number of carbonyl (C=O) groups excluding carboxylic acids is 1. The maximum Gasteiger partial charge on any atom is 0.319 e. The predicted molar refractivity (Wildman–Crippen MR) is 62.6 cm³/mol. The van der Waals surface area contributed by atoms with Crippen molar-refractivity contribution in [2.45, 2.75) is 38.5 Å². The van der Waals surface area contributed by atoms with Gasteiger partial charge in [-0.25, -0.2) is 0 Å². The van der Waals surface area contributed by atoms with Crippen LogP contribution in [0, 0.1) is 0 Å². The molecule has 0 saturated heterocycles. The van der Waals surface area contributed by atoms with Crippen molar-refractivity contribution in [2.24, 2.45) is 0 Å². The van der Waals surface area contributed by atoms with E-state index in [-0.39, 0.29) is 24.1 Å². The monoisotopic (exact) mass is 249 g/mol. The smallest absolute Gasteiger partial charge is 0.319 e. The second kappa shape index (κ2) is 6.62. The number of hydrogen-bond acceptors (Lipinski definition) is 3. The molecule has 0 aliphatic carbocycles. The predicted octanol–water partition coefficient (Wildman–Crippen LogP) is 0.465. The Morgan fingerprint density at radius 2 is 1.88 bits per heavy atom. The van der Waals surface area contributed by atoms with Crippen LogP contribution in [0.25, 0.3) is 0 Å². The fourth-order valence-corrected chi connectivity index (χ4v) is 2.33. The van der Waals surface area contributed by atoms with Gasteiger partial charge in [0, 0.05) is 23.9 Å². The summed E-state index contributed by atoms with van der Waals surface area (Å²) in [5, 5.41) is 7.83. The molecule has 0 aliphatic heterocycles. The molecule has 2 unspecified atom stereocenters. The molecule has 16 heavy (non-hydrogen) atoms. The Kier molecular flexibility index (Phi) is 6.25. The van der Waals surface area contributed by atoms with Crippen LogP contribution in [-0.2, 0) is 20.4 Å². The van der Waals surface area contributed by atoms with Gasteiger partial charge < -0.3 is 10.0 Å². The molecular weight excluding hydrogens is 230 g/mol. The van der Waals surface area contributed by atoms with Crippen molar-refractivity contribution in [2.75, 3.05) is 12.8 Å². The third-order valence-corrected chi connectivity index (χ3v) is 4.10. The first-order valence-corrected chi connectivity index (χ1v) is 6.55. The molecule has 0 fully saturated rings. The van der Waals surface area contributed by atoms with E-state index in [1.54, 1.807) is 14.0 Å². The second-order valence-electron chi connectivity index (χ2n) is 3.86. The molecule has 1 amide bonds. The largest absolute Gasteiger partial charge is 0.480 e. The third kappa shape index (κ3) is 4.30. The Morgan fingerprint density at radius 3 is 2.19 bits per heavy atom. The third-order valence-electron chi connectivity index (χ3n) is 2.40. The molecule has 0 radical (unpaired) electrons. The summed E-state index contributed by atoms with van der Waals surface area (Å²) in [5.41, 5.74) is 0. The molecule has 0 bridgehead atoms. The summed E-state index contributed by atoms with van der Waals surface area (Å²) in [4.78, 5) is 23.8. The molecule has 0 aromatic heterocycles. The Bertz CT molecular complexity index is 291. The number of aliphatic carboxylic acids is 1. The molecule has 6 heteroatoms. The number of nitrogens with zero attached hydrogens (tertiary/aromatic N) is 1. The topological polar surface area (TPSA) is 74.7 Å². The molecule has 0 aromatic carbocycles. The van der Waals surface area contributed by atoms with Gasteiger partial charge in [-0.1, -0.05) is 6.92 Å². The number of rotatable bonds is 6. The van der Waals surface area contributed by atoms with Crippen LogP contribution in [0.1, 0.15) is 27.2 Å². The van der Waals surface area contributed by atoms with Crippen LogP contribution < -0.4 is 0 Å². The van der Waals surface area contributed by atoms with Crippen molar-refractivity contribution >= 4 is 22.7 Å². The normalized spacial score (nSPS) is 14.6. The zero-order valence-electron chi connectivity index (χ0n) is 10.1. The van der Waals surface area contributed by atoms with Gasteiger partial charge in [-0.3, -0.25) is 13.8 Å². The maximum absolute atomic E-state index is 11.6. The van der Waals surface area contributed by atoms with Crippen molar-refractivity contribution in [3.63, 3.8) is 0 Å². The number of carbonyl (C=O) groups is 2. The zero-order chi connectivity index (χ0) is 12.9. The number of carboxylic acid groups (broad SMARTS) is 1. The quantitative estimate of drug-likeness (QED) is 0.742. The number of carboxylic acids is 1. The first-order valence-electron chi connectivity index (χ1n) is 5.16. The van der Waals surface area contributed by atoms with Gasteiger partial charge in [0.2, 0.25) is 5.91 Å². The van der Waals surface area contributed by atoms with Gasteiger partial charge in [0.1, 0.15) is 11.0 Å². The van der Waals surface area contributed by atoms with Crippen LogP contribution in [0.2, 0.25) is 0 Å². The van der Waals surface area contributed by atoms with Gasteiger partial charge in [-0.2, -0.15) is 0 Å². The Morgan fingerprint density at radius 1 is 1.38 bits per heavy atom. The summed E-state index contributed by atoms with van der Waals surface area (Å²) in [5.74, 6) is -1.62. The van der Waals surface area contributed by atoms with Crippen LogP contribution in [0.3, 0.4) is 0 Å². The van der Waals surface area contributed by atoms with Crippen molar-refractivity contribution < 1.29 is 18.9 Å². The van der Waals surface area contributed by atoms with E-state index in [4.69, 9.17) is 5.11 Å². The van der Waals surface area contributed by atoms with E-state index in [1.165, 1.54) is 4.90 Å². The van der Waals surface area contributed by atoms with E-state index in [0.717, 1.165) is 0 Å². The van der Waals surface area contributed by atoms with Crippen LogP contribution in [0.5, 0.6) is 0 Å². The highest BCUT2D eigenvalue weighted by molar-refractivity contribution is 7.87. The van der Waals surface area contributed by atoms with Gasteiger partial charge in [0.05, 0.1) is 0 Å². The van der Waals surface area contributed by atoms with Crippen molar-refractivity contribution in [1.29, 1.82) is 0 Å². The highest BCUT2D eigenvalue weighted by atomic mass is 32.2. The molecule has 0 heterocycles. The van der Waals surface area contributed by atoms with Crippen molar-refractivity contribution in [3.05, 3.63) is 0 Å². The number of amides is 1. The molecule has 0 saturated carbocycles. The Labute approximate surface area is 98.3 Å². The zero-order valence-corrected chi connectivity index (χ0v) is 10.9. The van der Waals surface area contributed by atoms with E-state index in [2.05, 4.69) is 0 Å². The van der Waals surface area contributed by atoms with Gasteiger partial charge in [-0.15, -0.1) is 0 Å².